The van der Waals surface area contributed by atoms with Crippen LogP contribution in [0.2, 0.25) is 5.28 Å². The van der Waals surface area contributed by atoms with Crippen LogP contribution in [0, 0.1) is 0 Å². The predicted molar refractivity (Wildman–Crippen MR) is 89.7 cm³/mol. The molecule has 0 unspecified atom stereocenters. The Balaban J connectivity index is 2.02. The fraction of sp³-hybridized carbons (Fsp3) is 0.200. The number of hydrogen-bond donors (Lipinski definition) is 0. The number of benzene rings is 1. The van der Waals surface area contributed by atoms with Crippen molar-refractivity contribution in [1.29, 1.82) is 0 Å². The van der Waals surface area contributed by atoms with Gasteiger partial charge in [0, 0.05) is 25.4 Å². The number of nitrogens with zero attached hydrogens (tertiary/aromatic N) is 4. The fourth-order valence-electron chi connectivity index (χ4n) is 2.32. The van der Waals surface area contributed by atoms with Gasteiger partial charge in [-0.3, -0.25) is 0 Å². The second-order valence-corrected chi connectivity index (χ2v) is 7.72. The molecule has 0 saturated heterocycles. The molecule has 0 aliphatic heterocycles. The van der Waals surface area contributed by atoms with Gasteiger partial charge >= 0.3 is 0 Å². The van der Waals surface area contributed by atoms with Gasteiger partial charge in [-0.2, -0.15) is 4.98 Å². The molecular weight excluding hydrogens is 336 g/mol. The minimum absolute atomic E-state index is 0.186. The molecule has 2 aromatic heterocycles. The summed E-state index contributed by atoms with van der Waals surface area (Å²) in [5, 5.41) is 4.27. The minimum Gasteiger partial charge on any atom is -0.219 e. The van der Waals surface area contributed by atoms with Crippen molar-refractivity contribution in [2.45, 2.75) is 6.54 Å². The monoisotopic (exact) mass is 350 g/mol. The molecule has 0 aliphatic rings. The van der Waals surface area contributed by atoms with Crippen LogP contribution in [0.4, 0.5) is 0 Å². The third kappa shape index (κ3) is 3.36. The number of hydrogen-bond acceptors (Lipinski definition) is 4. The van der Waals surface area contributed by atoms with E-state index < -0.39 is 10.0 Å². The number of sulfonamides is 1. The second kappa shape index (κ2) is 5.92. The molecule has 0 radical (unpaired) electrons. The molecular formula is C15H15ClN4O2S. The smallest absolute Gasteiger partial charge is 0.219 e. The number of fused-ring (bicyclic) bond motifs is 1. The Bertz CT molecular complexity index is 969. The van der Waals surface area contributed by atoms with Gasteiger partial charge in [-0.05, 0) is 40.9 Å². The summed E-state index contributed by atoms with van der Waals surface area (Å²) < 4.78 is 26.0. The second-order valence-electron chi connectivity index (χ2n) is 5.29. The summed E-state index contributed by atoms with van der Waals surface area (Å²) in [7, 11) is -1.66. The summed E-state index contributed by atoms with van der Waals surface area (Å²) in [6, 6.07) is 11.5. The van der Waals surface area contributed by atoms with E-state index in [1.807, 2.05) is 36.4 Å². The molecule has 0 fully saturated rings. The highest BCUT2D eigenvalue weighted by Crippen LogP contribution is 2.25. The first kappa shape index (κ1) is 15.9. The predicted octanol–water partition coefficient (Wildman–Crippen LogP) is 2.44. The highest BCUT2D eigenvalue weighted by molar-refractivity contribution is 7.88. The molecule has 0 amide bonds. The molecule has 2 heterocycles. The third-order valence-electron chi connectivity index (χ3n) is 3.55. The van der Waals surface area contributed by atoms with Crippen LogP contribution in [0.15, 0.2) is 42.6 Å². The van der Waals surface area contributed by atoms with E-state index in [0.29, 0.717) is 12.2 Å². The zero-order valence-electron chi connectivity index (χ0n) is 12.6. The average molecular weight is 351 g/mol. The van der Waals surface area contributed by atoms with Crippen LogP contribution >= 0.6 is 11.6 Å². The Kier molecular flexibility index (Phi) is 4.09. The maximum atomic E-state index is 11.6. The van der Waals surface area contributed by atoms with Gasteiger partial charge < -0.3 is 0 Å². The lowest BCUT2D eigenvalue weighted by Gasteiger charge is -2.14. The van der Waals surface area contributed by atoms with Crippen molar-refractivity contribution in [3.63, 3.8) is 0 Å². The number of pyridine rings is 1. The number of halogens is 1. The lowest BCUT2D eigenvalue weighted by atomic mass is 10.0. The van der Waals surface area contributed by atoms with E-state index in [-0.39, 0.29) is 5.28 Å². The van der Waals surface area contributed by atoms with Crippen LogP contribution in [0.1, 0.15) is 5.56 Å². The Morgan fingerprint density at radius 1 is 1.26 bits per heavy atom. The first-order chi connectivity index (χ1) is 10.8. The third-order valence-corrected chi connectivity index (χ3v) is 4.97. The van der Waals surface area contributed by atoms with E-state index >= 15 is 0 Å². The quantitative estimate of drug-likeness (QED) is 0.724. The zero-order chi connectivity index (χ0) is 16.6. The molecule has 120 valence electrons. The summed E-state index contributed by atoms with van der Waals surface area (Å²) in [4.78, 5) is 4.23. The van der Waals surface area contributed by atoms with Crippen molar-refractivity contribution in [2.75, 3.05) is 13.3 Å². The fourth-order valence-corrected chi connectivity index (χ4v) is 2.86. The SMILES string of the molecule is CN(Cc1cccc(-c2cccn3nc(Cl)nc23)c1)S(C)(=O)=O. The number of aromatic nitrogens is 3. The van der Waals surface area contributed by atoms with Crippen LogP contribution in [0.3, 0.4) is 0 Å². The van der Waals surface area contributed by atoms with Gasteiger partial charge in [-0.15, -0.1) is 5.10 Å². The van der Waals surface area contributed by atoms with Crippen molar-refractivity contribution in [3.8, 4) is 11.1 Å². The van der Waals surface area contributed by atoms with Gasteiger partial charge in [-0.1, -0.05) is 18.2 Å². The summed E-state index contributed by atoms with van der Waals surface area (Å²) in [5.74, 6) is 0. The average Bonchev–Trinajstić information content (AvgIpc) is 2.86. The highest BCUT2D eigenvalue weighted by Gasteiger charge is 2.13. The Hall–Kier alpha value is -1.96. The minimum atomic E-state index is -3.22. The summed E-state index contributed by atoms with van der Waals surface area (Å²) in [6.45, 7) is 0.309. The number of rotatable bonds is 4. The Morgan fingerprint density at radius 3 is 2.78 bits per heavy atom. The molecule has 3 rings (SSSR count). The van der Waals surface area contributed by atoms with Crippen LogP contribution in [0.25, 0.3) is 16.8 Å². The molecule has 8 heteroatoms. The maximum absolute atomic E-state index is 11.6. The van der Waals surface area contributed by atoms with Crippen molar-refractivity contribution in [1.82, 2.24) is 18.9 Å². The molecule has 1 aromatic carbocycles. The standard InChI is InChI=1S/C15H15ClN4O2S/c1-19(23(2,21)22)10-11-5-3-6-12(9-11)13-7-4-8-20-14(13)17-15(16)18-20/h3-9H,10H2,1-2H3. The van der Waals surface area contributed by atoms with E-state index in [4.69, 9.17) is 11.6 Å². The molecule has 23 heavy (non-hydrogen) atoms. The van der Waals surface area contributed by atoms with Crippen LogP contribution in [0.5, 0.6) is 0 Å². The van der Waals surface area contributed by atoms with Crippen molar-refractivity contribution < 1.29 is 8.42 Å². The topological polar surface area (TPSA) is 67.6 Å². The molecule has 0 spiro atoms. The van der Waals surface area contributed by atoms with E-state index in [9.17, 15) is 8.42 Å². The van der Waals surface area contributed by atoms with Crippen molar-refractivity contribution in [3.05, 3.63) is 53.4 Å². The van der Waals surface area contributed by atoms with E-state index in [1.165, 1.54) is 10.6 Å². The first-order valence-electron chi connectivity index (χ1n) is 6.86. The van der Waals surface area contributed by atoms with Crippen molar-refractivity contribution in [2.24, 2.45) is 0 Å². The van der Waals surface area contributed by atoms with Gasteiger partial charge in [0.05, 0.1) is 6.26 Å². The van der Waals surface area contributed by atoms with Gasteiger partial charge in [0.15, 0.2) is 5.65 Å². The first-order valence-corrected chi connectivity index (χ1v) is 9.09. The maximum Gasteiger partial charge on any atom is 0.243 e. The molecule has 6 nitrogen and oxygen atoms in total. The Morgan fingerprint density at radius 2 is 2.04 bits per heavy atom. The zero-order valence-corrected chi connectivity index (χ0v) is 14.2. The molecule has 3 aromatic rings. The summed E-state index contributed by atoms with van der Waals surface area (Å²) >= 11 is 5.88. The van der Waals surface area contributed by atoms with Crippen LogP contribution < -0.4 is 0 Å². The van der Waals surface area contributed by atoms with Crippen molar-refractivity contribution >= 4 is 27.3 Å². The van der Waals surface area contributed by atoms with E-state index in [0.717, 1.165) is 16.7 Å². The van der Waals surface area contributed by atoms with Gasteiger partial charge in [0.1, 0.15) is 0 Å². The normalized spacial score (nSPS) is 12.2. The highest BCUT2D eigenvalue weighted by atomic mass is 35.5. The summed E-state index contributed by atoms with van der Waals surface area (Å²) in [6.07, 6.45) is 2.97. The molecule has 0 atom stereocenters. The van der Waals surface area contributed by atoms with Crippen LogP contribution in [-0.2, 0) is 16.6 Å². The largest absolute Gasteiger partial charge is 0.243 e. The van der Waals surface area contributed by atoms with Gasteiger partial charge in [0.2, 0.25) is 15.3 Å². The van der Waals surface area contributed by atoms with Gasteiger partial charge in [0.25, 0.3) is 0 Å². The molecule has 0 bridgehead atoms. The molecule has 0 saturated carbocycles. The van der Waals surface area contributed by atoms with Crippen LogP contribution in [-0.4, -0.2) is 40.6 Å². The lowest BCUT2D eigenvalue weighted by molar-refractivity contribution is 0.472. The molecule has 0 N–H and O–H groups in total. The van der Waals surface area contributed by atoms with Gasteiger partial charge in [-0.25, -0.2) is 17.2 Å². The van der Waals surface area contributed by atoms with E-state index in [2.05, 4.69) is 10.1 Å². The summed E-state index contributed by atoms with van der Waals surface area (Å²) in [5.41, 5.74) is 3.36. The molecule has 0 aliphatic carbocycles. The Labute approximate surface area is 139 Å². The lowest BCUT2D eigenvalue weighted by Crippen LogP contribution is -2.24. The van der Waals surface area contributed by atoms with E-state index in [1.54, 1.807) is 17.8 Å².